The van der Waals surface area contributed by atoms with Crippen molar-refractivity contribution in [1.82, 2.24) is 16.0 Å². The van der Waals surface area contributed by atoms with Crippen LogP contribution in [0.2, 0.25) is 0 Å². The molecule has 0 aromatic carbocycles. The van der Waals surface area contributed by atoms with Crippen molar-refractivity contribution in [2.24, 2.45) is 0 Å². The summed E-state index contributed by atoms with van der Waals surface area (Å²) in [5.74, 6) is 0.203. The third-order valence-corrected chi connectivity index (χ3v) is 3.06. The Hall–Kier alpha value is -0.610. The summed E-state index contributed by atoms with van der Waals surface area (Å²) < 4.78 is 0. The summed E-state index contributed by atoms with van der Waals surface area (Å²) in [6.45, 7) is 3.05. The molecule has 0 aliphatic carbocycles. The van der Waals surface area contributed by atoms with E-state index < -0.39 is 0 Å². The smallest absolute Gasteiger partial charge is 0.237 e. The van der Waals surface area contributed by atoms with E-state index in [4.69, 9.17) is 0 Å². The third-order valence-electron chi connectivity index (χ3n) is 3.06. The lowest BCUT2D eigenvalue weighted by molar-refractivity contribution is -0.123. The maximum absolute atomic E-state index is 11.7. The van der Waals surface area contributed by atoms with E-state index in [0.717, 1.165) is 45.3 Å². The van der Waals surface area contributed by atoms with Gasteiger partial charge < -0.3 is 16.0 Å². The van der Waals surface area contributed by atoms with E-state index in [1.54, 1.807) is 0 Å². The SMILES string of the molecule is O=C(NC1CCNCC1)C1CCCN1. The van der Waals surface area contributed by atoms with Crippen LogP contribution in [0.1, 0.15) is 25.7 Å². The van der Waals surface area contributed by atoms with Crippen LogP contribution in [0.25, 0.3) is 0 Å². The Morgan fingerprint density at radius 1 is 1.14 bits per heavy atom. The van der Waals surface area contributed by atoms with Gasteiger partial charge in [0.05, 0.1) is 6.04 Å². The molecule has 0 aromatic heterocycles. The van der Waals surface area contributed by atoms with Gasteiger partial charge in [-0.3, -0.25) is 4.79 Å². The van der Waals surface area contributed by atoms with Crippen LogP contribution in [0.3, 0.4) is 0 Å². The Bertz CT molecular complexity index is 196. The Kier molecular flexibility index (Phi) is 3.37. The first-order valence-electron chi connectivity index (χ1n) is 5.61. The van der Waals surface area contributed by atoms with Crippen molar-refractivity contribution >= 4 is 5.91 Å². The van der Waals surface area contributed by atoms with Crippen LogP contribution in [0.4, 0.5) is 0 Å². The largest absolute Gasteiger partial charge is 0.352 e. The van der Waals surface area contributed by atoms with Gasteiger partial charge in [-0.25, -0.2) is 0 Å². The van der Waals surface area contributed by atoms with Gasteiger partial charge in [0.2, 0.25) is 5.91 Å². The third kappa shape index (κ3) is 2.45. The van der Waals surface area contributed by atoms with E-state index >= 15 is 0 Å². The van der Waals surface area contributed by atoms with Crippen LogP contribution in [-0.2, 0) is 4.79 Å². The molecule has 0 radical (unpaired) electrons. The summed E-state index contributed by atoms with van der Waals surface area (Å²) in [7, 11) is 0. The topological polar surface area (TPSA) is 53.2 Å². The predicted molar refractivity (Wildman–Crippen MR) is 55.1 cm³/mol. The first-order valence-corrected chi connectivity index (χ1v) is 5.61. The molecular formula is C10H19N3O. The van der Waals surface area contributed by atoms with Crippen molar-refractivity contribution in [2.75, 3.05) is 19.6 Å². The Morgan fingerprint density at radius 2 is 1.93 bits per heavy atom. The number of carbonyl (C=O) groups excluding carboxylic acids is 1. The fourth-order valence-corrected chi connectivity index (χ4v) is 2.18. The van der Waals surface area contributed by atoms with Crippen LogP contribution in [0, 0.1) is 0 Å². The quantitative estimate of drug-likeness (QED) is 0.565. The molecule has 0 bridgehead atoms. The van der Waals surface area contributed by atoms with E-state index in [0.29, 0.717) is 6.04 Å². The molecule has 14 heavy (non-hydrogen) atoms. The van der Waals surface area contributed by atoms with E-state index in [1.807, 2.05) is 0 Å². The minimum Gasteiger partial charge on any atom is -0.352 e. The van der Waals surface area contributed by atoms with Crippen molar-refractivity contribution in [2.45, 2.75) is 37.8 Å². The van der Waals surface area contributed by atoms with Crippen molar-refractivity contribution in [3.05, 3.63) is 0 Å². The molecule has 1 amide bonds. The summed E-state index contributed by atoms with van der Waals surface area (Å²) in [4.78, 5) is 11.7. The minimum atomic E-state index is 0.0740. The van der Waals surface area contributed by atoms with Gasteiger partial charge in [0.1, 0.15) is 0 Å². The fraction of sp³-hybridized carbons (Fsp3) is 0.900. The van der Waals surface area contributed by atoms with E-state index in [9.17, 15) is 4.79 Å². The Labute approximate surface area is 84.8 Å². The number of piperidine rings is 1. The van der Waals surface area contributed by atoms with Crippen LogP contribution in [-0.4, -0.2) is 37.6 Å². The molecule has 2 aliphatic rings. The molecule has 0 saturated carbocycles. The molecule has 2 heterocycles. The molecule has 0 aromatic rings. The summed E-state index contributed by atoms with van der Waals surface area (Å²) >= 11 is 0. The summed E-state index contributed by atoms with van der Waals surface area (Å²) in [5, 5.41) is 9.63. The monoisotopic (exact) mass is 197 g/mol. The number of carbonyl (C=O) groups is 1. The standard InChI is InChI=1S/C10H19N3O/c14-10(9-2-1-5-12-9)13-8-3-6-11-7-4-8/h8-9,11-12H,1-7H2,(H,13,14). The zero-order chi connectivity index (χ0) is 9.80. The first kappa shape index (κ1) is 9.93. The van der Waals surface area contributed by atoms with Gasteiger partial charge in [-0.15, -0.1) is 0 Å². The molecule has 1 atom stereocenters. The highest BCUT2D eigenvalue weighted by Gasteiger charge is 2.24. The van der Waals surface area contributed by atoms with Gasteiger partial charge in [0, 0.05) is 6.04 Å². The number of amides is 1. The van der Waals surface area contributed by atoms with Gasteiger partial charge in [-0.05, 0) is 45.3 Å². The molecule has 4 nitrogen and oxygen atoms in total. The lowest BCUT2D eigenvalue weighted by Crippen LogP contribution is -2.48. The first-order chi connectivity index (χ1) is 6.86. The Balaban J connectivity index is 1.75. The number of nitrogens with one attached hydrogen (secondary N) is 3. The summed E-state index contributed by atoms with van der Waals surface area (Å²) in [5.41, 5.74) is 0. The Morgan fingerprint density at radius 3 is 2.57 bits per heavy atom. The van der Waals surface area contributed by atoms with Crippen molar-refractivity contribution in [1.29, 1.82) is 0 Å². The molecule has 4 heteroatoms. The van der Waals surface area contributed by atoms with Crippen LogP contribution in [0.5, 0.6) is 0 Å². The second-order valence-corrected chi connectivity index (χ2v) is 4.18. The van der Waals surface area contributed by atoms with Crippen LogP contribution in [0.15, 0.2) is 0 Å². The second-order valence-electron chi connectivity index (χ2n) is 4.18. The highest BCUT2D eigenvalue weighted by Crippen LogP contribution is 2.07. The minimum absolute atomic E-state index is 0.0740. The average Bonchev–Trinajstić information content (AvgIpc) is 2.72. The lowest BCUT2D eigenvalue weighted by Gasteiger charge is -2.25. The van der Waals surface area contributed by atoms with E-state index in [-0.39, 0.29) is 11.9 Å². The fourth-order valence-electron chi connectivity index (χ4n) is 2.18. The van der Waals surface area contributed by atoms with Gasteiger partial charge in [0.15, 0.2) is 0 Å². The molecule has 0 spiro atoms. The van der Waals surface area contributed by atoms with Crippen LogP contribution < -0.4 is 16.0 Å². The molecule has 80 valence electrons. The predicted octanol–water partition coefficient (Wildman–Crippen LogP) is -0.393. The van der Waals surface area contributed by atoms with Gasteiger partial charge >= 0.3 is 0 Å². The summed E-state index contributed by atoms with van der Waals surface area (Å²) in [6.07, 6.45) is 4.26. The average molecular weight is 197 g/mol. The van der Waals surface area contributed by atoms with Gasteiger partial charge in [0.25, 0.3) is 0 Å². The number of rotatable bonds is 2. The maximum Gasteiger partial charge on any atom is 0.237 e. The van der Waals surface area contributed by atoms with Crippen molar-refractivity contribution in [3.8, 4) is 0 Å². The zero-order valence-corrected chi connectivity index (χ0v) is 8.51. The molecule has 2 rings (SSSR count). The molecule has 2 fully saturated rings. The van der Waals surface area contributed by atoms with E-state index in [1.165, 1.54) is 0 Å². The maximum atomic E-state index is 11.7. The van der Waals surface area contributed by atoms with Crippen molar-refractivity contribution in [3.63, 3.8) is 0 Å². The molecule has 2 aliphatic heterocycles. The van der Waals surface area contributed by atoms with Crippen molar-refractivity contribution < 1.29 is 4.79 Å². The normalized spacial score (nSPS) is 29.0. The number of hydrogen-bond acceptors (Lipinski definition) is 3. The second kappa shape index (κ2) is 4.75. The highest BCUT2D eigenvalue weighted by atomic mass is 16.2. The van der Waals surface area contributed by atoms with Gasteiger partial charge in [-0.1, -0.05) is 0 Å². The molecular weight excluding hydrogens is 178 g/mol. The zero-order valence-electron chi connectivity index (χ0n) is 8.51. The highest BCUT2D eigenvalue weighted by molar-refractivity contribution is 5.82. The van der Waals surface area contributed by atoms with Gasteiger partial charge in [-0.2, -0.15) is 0 Å². The lowest BCUT2D eigenvalue weighted by atomic mass is 10.1. The molecule has 1 unspecified atom stereocenters. The molecule has 2 saturated heterocycles. The number of hydrogen-bond donors (Lipinski definition) is 3. The van der Waals surface area contributed by atoms with E-state index in [2.05, 4.69) is 16.0 Å². The summed E-state index contributed by atoms with van der Waals surface area (Å²) in [6, 6.07) is 0.469. The molecule has 3 N–H and O–H groups in total. The van der Waals surface area contributed by atoms with Crippen LogP contribution >= 0.6 is 0 Å².